The van der Waals surface area contributed by atoms with Gasteiger partial charge in [0.1, 0.15) is 5.75 Å². The molecule has 0 amide bonds. The zero-order valence-electron chi connectivity index (χ0n) is 11.5. The minimum atomic E-state index is 0.646. The van der Waals surface area contributed by atoms with Gasteiger partial charge in [0.2, 0.25) is 0 Å². The van der Waals surface area contributed by atoms with Crippen molar-refractivity contribution in [2.24, 2.45) is 0 Å². The Kier molecular flexibility index (Phi) is 3.03. The number of nitrogens with zero attached hydrogens (tertiary/aromatic N) is 1. The number of pyridine rings is 1. The number of rotatable bonds is 3. The van der Waals surface area contributed by atoms with E-state index >= 15 is 0 Å². The van der Waals surface area contributed by atoms with Gasteiger partial charge in [0.15, 0.2) is 6.29 Å². The molecule has 20 heavy (non-hydrogen) atoms. The van der Waals surface area contributed by atoms with E-state index < -0.39 is 0 Å². The van der Waals surface area contributed by atoms with Crippen molar-refractivity contribution in [2.45, 2.75) is 6.92 Å². The van der Waals surface area contributed by atoms with Crippen LogP contribution in [0.1, 0.15) is 16.1 Å². The van der Waals surface area contributed by atoms with E-state index in [1.54, 1.807) is 7.11 Å². The lowest BCUT2D eigenvalue weighted by molar-refractivity contribution is 0.111. The molecule has 0 saturated heterocycles. The normalized spacial score (nSPS) is 10.7. The van der Waals surface area contributed by atoms with Gasteiger partial charge in [-0.1, -0.05) is 24.3 Å². The molecule has 3 nitrogen and oxygen atoms in total. The van der Waals surface area contributed by atoms with Crippen molar-refractivity contribution in [3.05, 3.63) is 59.9 Å². The maximum atomic E-state index is 11.5. The van der Waals surface area contributed by atoms with Crippen LogP contribution in [0.4, 0.5) is 0 Å². The molecule has 100 valence electrons. The molecule has 0 N–H and O–H groups in total. The number of aromatic nitrogens is 1. The second kappa shape index (κ2) is 4.85. The Balaban J connectivity index is 2.33. The first-order valence-electron chi connectivity index (χ1n) is 6.45. The summed E-state index contributed by atoms with van der Waals surface area (Å²) in [6.45, 7) is 2.01. The van der Waals surface area contributed by atoms with Gasteiger partial charge in [0.05, 0.1) is 12.8 Å². The van der Waals surface area contributed by atoms with Crippen molar-refractivity contribution >= 4 is 11.8 Å². The largest absolute Gasteiger partial charge is 0.496 e. The first-order chi connectivity index (χ1) is 9.74. The molecule has 0 aliphatic carbocycles. The van der Waals surface area contributed by atoms with Crippen LogP contribution >= 0.6 is 0 Å². The molecule has 3 aromatic rings. The summed E-state index contributed by atoms with van der Waals surface area (Å²) in [5, 5.41) is 0. The Labute approximate surface area is 117 Å². The number of benzene rings is 1. The molecule has 1 aromatic carbocycles. The van der Waals surface area contributed by atoms with Crippen LogP contribution in [0.15, 0.2) is 48.7 Å². The van der Waals surface area contributed by atoms with Gasteiger partial charge < -0.3 is 9.14 Å². The Hall–Kier alpha value is -2.55. The molecule has 0 saturated carbocycles. The average Bonchev–Trinajstić information content (AvgIpc) is 2.84. The predicted molar refractivity (Wildman–Crippen MR) is 79.5 cm³/mol. The first kappa shape index (κ1) is 12.5. The van der Waals surface area contributed by atoms with Crippen LogP contribution in [0.25, 0.3) is 16.6 Å². The van der Waals surface area contributed by atoms with Gasteiger partial charge >= 0.3 is 0 Å². The lowest BCUT2D eigenvalue weighted by Gasteiger charge is -2.07. The van der Waals surface area contributed by atoms with E-state index in [2.05, 4.69) is 0 Å². The van der Waals surface area contributed by atoms with Gasteiger partial charge in [-0.25, -0.2) is 0 Å². The Morgan fingerprint density at radius 1 is 1.10 bits per heavy atom. The van der Waals surface area contributed by atoms with Crippen molar-refractivity contribution in [1.29, 1.82) is 0 Å². The van der Waals surface area contributed by atoms with Crippen molar-refractivity contribution in [1.82, 2.24) is 4.40 Å². The smallest absolute Gasteiger partial charge is 0.167 e. The highest BCUT2D eigenvalue weighted by Gasteiger charge is 2.14. The molecule has 0 unspecified atom stereocenters. The summed E-state index contributed by atoms with van der Waals surface area (Å²) >= 11 is 0. The van der Waals surface area contributed by atoms with Crippen LogP contribution in [0.2, 0.25) is 0 Å². The summed E-state index contributed by atoms with van der Waals surface area (Å²) in [6.07, 6.45) is 2.87. The van der Waals surface area contributed by atoms with E-state index in [0.717, 1.165) is 34.2 Å². The zero-order valence-corrected chi connectivity index (χ0v) is 11.5. The van der Waals surface area contributed by atoms with Gasteiger partial charge in [-0.05, 0) is 30.7 Å². The van der Waals surface area contributed by atoms with E-state index in [1.807, 2.05) is 60.0 Å². The van der Waals surface area contributed by atoms with Crippen molar-refractivity contribution in [2.75, 3.05) is 7.11 Å². The number of para-hydroxylation sites is 1. The summed E-state index contributed by atoms with van der Waals surface area (Å²) in [5.74, 6) is 0.767. The molecule has 2 heterocycles. The first-order valence-corrected chi connectivity index (χ1v) is 6.45. The molecule has 3 heteroatoms. The SMILES string of the molecule is COc1ccccc1-c1cc2ccc(C)cn2c1C=O. The van der Waals surface area contributed by atoms with E-state index in [0.29, 0.717) is 5.69 Å². The number of hydrogen-bond acceptors (Lipinski definition) is 2. The second-order valence-electron chi connectivity index (χ2n) is 4.76. The molecular weight excluding hydrogens is 250 g/mol. The fourth-order valence-electron chi connectivity index (χ4n) is 2.50. The fraction of sp³-hybridized carbons (Fsp3) is 0.118. The minimum Gasteiger partial charge on any atom is -0.496 e. The van der Waals surface area contributed by atoms with Crippen LogP contribution < -0.4 is 4.74 Å². The van der Waals surface area contributed by atoms with Crippen LogP contribution in [0.5, 0.6) is 5.75 Å². The highest BCUT2D eigenvalue weighted by molar-refractivity contribution is 5.91. The number of methoxy groups -OCH3 is 1. The topological polar surface area (TPSA) is 30.7 Å². The van der Waals surface area contributed by atoms with E-state index in [4.69, 9.17) is 4.74 Å². The third-order valence-electron chi connectivity index (χ3n) is 3.46. The molecule has 0 atom stereocenters. The van der Waals surface area contributed by atoms with Crippen LogP contribution in [0.3, 0.4) is 0 Å². The van der Waals surface area contributed by atoms with Crippen molar-refractivity contribution in [3.63, 3.8) is 0 Å². The number of fused-ring (bicyclic) bond motifs is 1. The van der Waals surface area contributed by atoms with E-state index in [9.17, 15) is 4.79 Å². The standard InChI is InChI=1S/C17H15NO2/c1-12-7-8-13-9-15(16(11-19)18(13)10-12)14-5-3-4-6-17(14)20-2/h3-11H,1-2H3. The minimum absolute atomic E-state index is 0.646. The molecule has 0 bridgehead atoms. The third kappa shape index (κ3) is 1.88. The summed E-state index contributed by atoms with van der Waals surface area (Å²) in [7, 11) is 1.64. The third-order valence-corrected chi connectivity index (χ3v) is 3.46. The van der Waals surface area contributed by atoms with Crippen LogP contribution in [-0.2, 0) is 0 Å². The quantitative estimate of drug-likeness (QED) is 0.675. The predicted octanol–water partition coefficient (Wildman–Crippen LogP) is 3.74. The highest BCUT2D eigenvalue weighted by atomic mass is 16.5. The molecule has 0 radical (unpaired) electrons. The van der Waals surface area contributed by atoms with Gasteiger partial charge in [-0.15, -0.1) is 0 Å². The number of aryl methyl sites for hydroxylation is 1. The summed E-state index contributed by atoms with van der Waals surface area (Å²) in [4.78, 5) is 11.5. The molecular formula is C17H15NO2. The molecule has 0 aliphatic heterocycles. The summed E-state index contributed by atoms with van der Waals surface area (Å²) in [5.41, 5.74) is 4.58. The molecule has 2 aromatic heterocycles. The number of ether oxygens (including phenoxy) is 1. The molecule has 0 aliphatic rings. The molecule has 3 rings (SSSR count). The van der Waals surface area contributed by atoms with Crippen LogP contribution in [0, 0.1) is 6.92 Å². The Morgan fingerprint density at radius 3 is 2.65 bits per heavy atom. The summed E-state index contributed by atoms with van der Waals surface area (Å²) < 4.78 is 7.31. The molecule has 0 spiro atoms. The lowest BCUT2D eigenvalue weighted by atomic mass is 10.1. The van der Waals surface area contributed by atoms with Gasteiger partial charge in [0.25, 0.3) is 0 Å². The molecule has 0 fully saturated rings. The Morgan fingerprint density at radius 2 is 1.90 bits per heavy atom. The van der Waals surface area contributed by atoms with E-state index in [1.165, 1.54) is 0 Å². The monoisotopic (exact) mass is 265 g/mol. The fourth-order valence-corrected chi connectivity index (χ4v) is 2.50. The van der Waals surface area contributed by atoms with Gasteiger partial charge in [0, 0.05) is 22.8 Å². The number of hydrogen-bond donors (Lipinski definition) is 0. The maximum Gasteiger partial charge on any atom is 0.167 e. The van der Waals surface area contributed by atoms with Crippen molar-refractivity contribution < 1.29 is 9.53 Å². The highest BCUT2D eigenvalue weighted by Crippen LogP contribution is 2.33. The number of aldehydes is 1. The second-order valence-corrected chi connectivity index (χ2v) is 4.76. The van der Waals surface area contributed by atoms with Gasteiger partial charge in [-0.3, -0.25) is 4.79 Å². The van der Waals surface area contributed by atoms with Crippen LogP contribution in [-0.4, -0.2) is 17.8 Å². The van der Waals surface area contributed by atoms with E-state index in [-0.39, 0.29) is 0 Å². The van der Waals surface area contributed by atoms with Gasteiger partial charge in [-0.2, -0.15) is 0 Å². The Bertz CT molecular complexity index is 787. The average molecular weight is 265 g/mol. The maximum absolute atomic E-state index is 11.5. The lowest BCUT2D eigenvalue weighted by Crippen LogP contribution is -1.94. The summed E-state index contributed by atoms with van der Waals surface area (Å²) in [6, 6.07) is 13.8. The number of carbonyl (C=O) groups excluding carboxylic acids is 1. The number of carbonyl (C=O) groups is 1. The zero-order chi connectivity index (χ0) is 14.1. The van der Waals surface area contributed by atoms with Crippen molar-refractivity contribution in [3.8, 4) is 16.9 Å².